The highest BCUT2D eigenvalue weighted by Gasteiger charge is 2.53. The summed E-state index contributed by atoms with van der Waals surface area (Å²) in [5.41, 5.74) is 12.4. The zero-order valence-electron chi connectivity index (χ0n) is 22.6. The van der Waals surface area contributed by atoms with E-state index < -0.39 is 0 Å². The Hall–Kier alpha value is -2.36. The van der Waals surface area contributed by atoms with Crippen molar-refractivity contribution < 1.29 is 9.31 Å². The lowest BCUT2D eigenvalue weighted by atomic mass is 9.66. The van der Waals surface area contributed by atoms with Crippen LogP contribution in [0.25, 0.3) is 22.3 Å². The molecule has 3 aliphatic carbocycles. The van der Waals surface area contributed by atoms with Gasteiger partial charge in [-0.3, -0.25) is 0 Å². The van der Waals surface area contributed by atoms with Crippen molar-refractivity contribution in [1.29, 1.82) is 0 Å². The molecule has 1 saturated heterocycles. The van der Waals surface area contributed by atoms with Crippen LogP contribution in [0.1, 0.15) is 95.9 Å². The topological polar surface area (TPSA) is 18.5 Å². The van der Waals surface area contributed by atoms with Crippen LogP contribution in [0.3, 0.4) is 0 Å². The summed E-state index contributed by atoms with van der Waals surface area (Å²) in [4.78, 5) is 0. The van der Waals surface area contributed by atoms with Crippen LogP contribution in [0, 0.1) is 0 Å². The third-order valence-electron chi connectivity index (χ3n) is 10.3. The van der Waals surface area contributed by atoms with Gasteiger partial charge < -0.3 is 9.31 Å². The van der Waals surface area contributed by atoms with Crippen molar-refractivity contribution in [3.63, 3.8) is 0 Å². The molecule has 184 valence electrons. The van der Waals surface area contributed by atoms with Crippen LogP contribution < -0.4 is 5.46 Å². The average Bonchev–Trinajstić information content (AvgIpc) is 3.35. The van der Waals surface area contributed by atoms with Crippen molar-refractivity contribution in [2.45, 2.75) is 95.7 Å². The molecule has 36 heavy (non-hydrogen) atoms. The Kier molecular flexibility index (Phi) is 4.53. The van der Waals surface area contributed by atoms with E-state index in [1.807, 2.05) is 0 Å². The van der Waals surface area contributed by atoms with E-state index in [0.29, 0.717) is 0 Å². The van der Waals surface area contributed by atoms with Crippen LogP contribution in [-0.4, -0.2) is 18.3 Å². The molecule has 4 aliphatic rings. The molecule has 1 saturated carbocycles. The van der Waals surface area contributed by atoms with Crippen LogP contribution in [0.4, 0.5) is 0 Å². The van der Waals surface area contributed by atoms with Gasteiger partial charge in [0.2, 0.25) is 0 Å². The Bertz CT molecular complexity index is 1390. The normalized spacial score (nSPS) is 23.3. The first-order valence-electron chi connectivity index (χ1n) is 13.9. The van der Waals surface area contributed by atoms with Crippen molar-refractivity contribution in [2.75, 3.05) is 0 Å². The maximum atomic E-state index is 6.44. The molecule has 3 aromatic rings. The number of hydrogen-bond acceptors (Lipinski definition) is 2. The van der Waals surface area contributed by atoms with Crippen molar-refractivity contribution in [3.05, 3.63) is 76.9 Å². The zero-order valence-corrected chi connectivity index (χ0v) is 22.6. The fourth-order valence-corrected chi connectivity index (χ4v) is 7.64. The molecule has 0 aromatic heterocycles. The van der Waals surface area contributed by atoms with E-state index in [9.17, 15) is 0 Å². The van der Waals surface area contributed by atoms with Crippen LogP contribution in [0.5, 0.6) is 0 Å². The molecular formula is C33H37BO2. The molecule has 2 fully saturated rings. The van der Waals surface area contributed by atoms with Crippen LogP contribution >= 0.6 is 0 Å². The average molecular weight is 476 g/mol. The minimum atomic E-state index is -0.338. The quantitative estimate of drug-likeness (QED) is 0.338. The van der Waals surface area contributed by atoms with Gasteiger partial charge in [0.25, 0.3) is 0 Å². The van der Waals surface area contributed by atoms with Crippen molar-refractivity contribution in [1.82, 2.24) is 0 Å². The first kappa shape index (κ1) is 22.8. The molecule has 0 N–H and O–H groups in total. The highest BCUT2D eigenvalue weighted by atomic mass is 16.7. The second-order valence-corrected chi connectivity index (χ2v) is 13.1. The maximum absolute atomic E-state index is 6.44. The van der Waals surface area contributed by atoms with Crippen LogP contribution in [0.15, 0.2) is 54.6 Å². The van der Waals surface area contributed by atoms with Gasteiger partial charge in [0.05, 0.1) is 11.2 Å². The summed E-state index contributed by atoms with van der Waals surface area (Å²) in [7, 11) is -0.334. The fourth-order valence-electron chi connectivity index (χ4n) is 7.64. The summed E-state index contributed by atoms with van der Waals surface area (Å²) in [5, 5.41) is 0. The van der Waals surface area contributed by atoms with Crippen molar-refractivity contribution in [3.8, 4) is 22.3 Å². The highest BCUT2D eigenvalue weighted by molar-refractivity contribution is 6.62. The van der Waals surface area contributed by atoms with Crippen LogP contribution in [0.2, 0.25) is 0 Å². The van der Waals surface area contributed by atoms with Gasteiger partial charge in [-0.1, -0.05) is 87.7 Å². The Morgan fingerprint density at radius 1 is 0.639 bits per heavy atom. The third kappa shape index (κ3) is 2.77. The monoisotopic (exact) mass is 476 g/mol. The van der Waals surface area contributed by atoms with Gasteiger partial charge in [-0.05, 0) is 90.5 Å². The third-order valence-corrected chi connectivity index (χ3v) is 10.3. The summed E-state index contributed by atoms with van der Waals surface area (Å²) in [5.74, 6) is 0. The van der Waals surface area contributed by atoms with Gasteiger partial charge >= 0.3 is 7.12 Å². The standard InChI is InChI=1S/C33H37BO2/c1-30(2)26-17-16-23-22-12-8-9-13-25(22)33(18-10-7-11-19-33)29(23)28(26)24-15-14-21(20-27(24)30)34-35-31(3,4)32(5,6)36-34/h8-9,12-17,20H,7,10-11,18-19H2,1-6H3. The number of hydrogen-bond donors (Lipinski definition) is 0. The Balaban J connectivity index is 1.43. The smallest absolute Gasteiger partial charge is 0.399 e. The summed E-state index contributed by atoms with van der Waals surface area (Å²) >= 11 is 0. The van der Waals surface area contributed by atoms with Gasteiger partial charge in [0.15, 0.2) is 0 Å². The van der Waals surface area contributed by atoms with Crippen molar-refractivity contribution in [2.24, 2.45) is 0 Å². The molecule has 0 amide bonds. The summed E-state index contributed by atoms with van der Waals surface area (Å²) < 4.78 is 12.9. The summed E-state index contributed by atoms with van der Waals surface area (Å²) in [6.07, 6.45) is 6.50. The zero-order chi connectivity index (χ0) is 25.1. The lowest BCUT2D eigenvalue weighted by Gasteiger charge is -2.37. The predicted molar refractivity (Wildman–Crippen MR) is 149 cm³/mol. The molecule has 0 bridgehead atoms. The van der Waals surface area contributed by atoms with Crippen molar-refractivity contribution >= 4 is 12.6 Å². The molecule has 1 spiro atoms. The molecule has 0 unspecified atom stereocenters. The molecule has 2 nitrogen and oxygen atoms in total. The van der Waals surface area contributed by atoms with E-state index in [4.69, 9.17) is 9.31 Å². The first-order valence-corrected chi connectivity index (χ1v) is 13.9. The van der Waals surface area contributed by atoms with Gasteiger partial charge in [-0.15, -0.1) is 0 Å². The predicted octanol–water partition coefficient (Wildman–Crippen LogP) is 7.52. The SMILES string of the molecule is CC1(C)c2cc(B3OC(C)(C)C(C)(C)O3)ccc2-c2c1ccc1c2C2(CCCCC2)c2ccccc2-1. The molecular weight excluding hydrogens is 439 g/mol. The van der Waals surface area contributed by atoms with Crippen LogP contribution in [-0.2, 0) is 20.1 Å². The Morgan fingerprint density at radius 2 is 1.31 bits per heavy atom. The molecule has 1 heterocycles. The Labute approximate surface area is 216 Å². The van der Waals surface area contributed by atoms with Gasteiger partial charge in [-0.2, -0.15) is 0 Å². The highest BCUT2D eigenvalue weighted by Crippen LogP contribution is 2.62. The maximum Gasteiger partial charge on any atom is 0.494 e. The van der Waals surface area contributed by atoms with E-state index in [1.54, 1.807) is 11.1 Å². The lowest BCUT2D eigenvalue weighted by molar-refractivity contribution is 0.00578. The Morgan fingerprint density at radius 3 is 2.03 bits per heavy atom. The molecule has 3 aromatic carbocycles. The van der Waals surface area contributed by atoms with E-state index in [1.165, 1.54) is 65.5 Å². The lowest BCUT2D eigenvalue weighted by Crippen LogP contribution is -2.41. The summed E-state index contributed by atoms with van der Waals surface area (Å²) in [6.45, 7) is 13.3. The van der Waals surface area contributed by atoms with Gasteiger partial charge in [-0.25, -0.2) is 0 Å². The molecule has 0 radical (unpaired) electrons. The second kappa shape index (κ2) is 7.14. The minimum absolute atomic E-state index is 0.0655. The van der Waals surface area contributed by atoms with E-state index in [0.717, 1.165) is 5.46 Å². The van der Waals surface area contributed by atoms with E-state index >= 15 is 0 Å². The number of rotatable bonds is 1. The van der Waals surface area contributed by atoms with E-state index in [-0.39, 0.29) is 29.2 Å². The fraction of sp³-hybridized carbons (Fsp3) is 0.455. The number of benzene rings is 3. The molecule has 7 rings (SSSR count). The molecule has 0 atom stereocenters. The largest absolute Gasteiger partial charge is 0.494 e. The van der Waals surface area contributed by atoms with E-state index in [2.05, 4.69) is 96.1 Å². The minimum Gasteiger partial charge on any atom is -0.399 e. The number of fused-ring (bicyclic) bond motifs is 9. The van der Waals surface area contributed by atoms with Gasteiger partial charge in [0.1, 0.15) is 0 Å². The summed E-state index contributed by atoms with van der Waals surface area (Å²) in [6, 6.07) is 21.1. The van der Waals surface area contributed by atoms with Gasteiger partial charge in [0, 0.05) is 10.8 Å². The molecule has 1 aliphatic heterocycles. The first-order chi connectivity index (χ1) is 17.1. The second-order valence-electron chi connectivity index (χ2n) is 13.1. The molecule has 3 heteroatoms.